The average molecular weight is 369 g/mol. The molecule has 1 atom stereocenters. The smallest absolute Gasteiger partial charge is 0.220 e. The van der Waals surface area contributed by atoms with E-state index in [1.165, 1.54) is 24.0 Å². The van der Waals surface area contributed by atoms with Gasteiger partial charge in [-0.25, -0.2) is 0 Å². The third kappa shape index (κ3) is 5.42. The lowest BCUT2D eigenvalue weighted by Gasteiger charge is -2.37. The van der Waals surface area contributed by atoms with Crippen molar-refractivity contribution in [1.29, 1.82) is 0 Å². The number of carbonyl (C=O) groups excluding carboxylic acids is 1. The van der Waals surface area contributed by atoms with Gasteiger partial charge in [0.1, 0.15) is 0 Å². The van der Waals surface area contributed by atoms with Crippen molar-refractivity contribution in [3.05, 3.63) is 53.3 Å². The number of hydrogen-bond donors (Lipinski definition) is 1. The predicted molar refractivity (Wildman–Crippen MR) is 108 cm³/mol. The lowest BCUT2D eigenvalue weighted by atomic mass is 9.94. The van der Waals surface area contributed by atoms with Crippen LogP contribution in [0.5, 0.6) is 0 Å². The Morgan fingerprint density at radius 3 is 2.70 bits per heavy atom. The van der Waals surface area contributed by atoms with Crippen molar-refractivity contribution in [3.63, 3.8) is 0 Å². The molecule has 5 heteroatoms. The van der Waals surface area contributed by atoms with Gasteiger partial charge in [-0.3, -0.25) is 14.4 Å². The van der Waals surface area contributed by atoms with Crippen molar-refractivity contribution in [2.24, 2.45) is 13.0 Å². The van der Waals surface area contributed by atoms with Gasteiger partial charge in [-0.2, -0.15) is 5.10 Å². The van der Waals surface area contributed by atoms with Crippen LogP contribution in [0.15, 0.2) is 36.7 Å². The number of benzene rings is 1. The molecule has 1 fully saturated rings. The number of rotatable bonds is 7. The number of aromatic nitrogens is 2. The van der Waals surface area contributed by atoms with Crippen LogP contribution in [-0.4, -0.2) is 40.2 Å². The molecule has 0 spiro atoms. The monoisotopic (exact) mass is 368 g/mol. The molecule has 146 valence electrons. The van der Waals surface area contributed by atoms with Gasteiger partial charge in [-0.15, -0.1) is 0 Å². The zero-order valence-electron chi connectivity index (χ0n) is 16.8. The summed E-state index contributed by atoms with van der Waals surface area (Å²) in [4.78, 5) is 15.0. The SMILES string of the molecule is Cc1ccccc1[C@@H](CNC(=O)CCc1cnn(C)c1)N1CCC(C)CC1. The molecule has 0 bridgehead atoms. The maximum Gasteiger partial charge on any atom is 0.220 e. The van der Waals surface area contributed by atoms with Crippen molar-refractivity contribution in [2.75, 3.05) is 19.6 Å². The third-order valence-electron chi connectivity index (χ3n) is 5.70. The Bertz CT molecular complexity index is 746. The Balaban J connectivity index is 1.61. The number of carbonyl (C=O) groups is 1. The molecular formula is C22H32N4O. The summed E-state index contributed by atoms with van der Waals surface area (Å²) >= 11 is 0. The molecule has 0 saturated carbocycles. The minimum absolute atomic E-state index is 0.114. The van der Waals surface area contributed by atoms with Crippen LogP contribution in [0.2, 0.25) is 0 Å². The van der Waals surface area contributed by atoms with E-state index < -0.39 is 0 Å². The Hall–Kier alpha value is -2.14. The molecule has 0 aliphatic carbocycles. The number of nitrogens with zero attached hydrogens (tertiary/aromatic N) is 3. The number of nitrogens with one attached hydrogen (secondary N) is 1. The molecule has 0 radical (unpaired) electrons. The van der Waals surface area contributed by atoms with Gasteiger partial charge in [0.2, 0.25) is 5.91 Å². The van der Waals surface area contributed by atoms with Gasteiger partial charge >= 0.3 is 0 Å². The van der Waals surface area contributed by atoms with Crippen LogP contribution < -0.4 is 5.32 Å². The number of amides is 1. The highest BCUT2D eigenvalue weighted by atomic mass is 16.1. The second-order valence-electron chi connectivity index (χ2n) is 7.92. The Morgan fingerprint density at radius 2 is 2.04 bits per heavy atom. The van der Waals surface area contributed by atoms with Crippen molar-refractivity contribution in [2.45, 2.75) is 45.6 Å². The van der Waals surface area contributed by atoms with Crippen LogP contribution in [-0.2, 0) is 18.3 Å². The van der Waals surface area contributed by atoms with Crippen molar-refractivity contribution < 1.29 is 4.79 Å². The van der Waals surface area contributed by atoms with Gasteiger partial charge in [0.15, 0.2) is 0 Å². The Labute approximate surface area is 162 Å². The van der Waals surface area contributed by atoms with Crippen LogP contribution in [0.1, 0.15) is 48.9 Å². The summed E-state index contributed by atoms with van der Waals surface area (Å²) < 4.78 is 1.78. The second-order valence-corrected chi connectivity index (χ2v) is 7.92. The quantitative estimate of drug-likeness (QED) is 0.816. The number of likely N-dealkylation sites (tertiary alicyclic amines) is 1. The number of aryl methyl sites for hydroxylation is 3. The molecule has 1 aromatic heterocycles. The van der Waals surface area contributed by atoms with Crippen LogP contribution in [0.4, 0.5) is 0 Å². The molecule has 27 heavy (non-hydrogen) atoms. The van der Waals surface area contributed by atoms with Crippen LogP contribution >= 0.6 is 0 Å². The summed E-state index contributed by atoms with van der Waals surface area (Å²) in [6, 6.07) is 8.81. The van der Waals surface area contributed by atoms with Gasteiger partial charge in [-0.05, 0) is 61.9 Å². The fraction of sp³-hybridized carbons (Fsp3) is 0.545. The molecule has 1 saturated heterocycles. The molecule has 2 heterocycles. The van der Waals surface area contributed by atoms with Crippen LogP contribution in [0.3, 0.4) is 0 Å². The molecule has 5 nitrogen and oxygen atoms in total. The first-order chi connectivity index (χ1) is 13.0. The Morgan fingerprint density at radius 1 is 1.30 bits per heavy atom. The van der Waals surface area contributed by atoms with Crippen LogP contribution in [0.25, 0.3) is 0 Å². The van der Waals surface area contributed by atoms with Gasteiger partial charge < -0.3 is 5.32 Å². The maximum atomic E-state index is 12.4. The summed E-state index contributed by atoms with van der Waals surface area (Å²) in [6.45, 7) is 7.38. The van der Waals surface area contributed by atoms with E-state index in [1.807, 2.05) is 19.4 Å². The van der Waals surface area contributed by atoms with Gasteiger partial charge in [-0.1, -0.05) is 31.2 Å². The summed E-state index contributed by atoms with van der Waals surface area (Å²) in [7, 11) is 1.90. The van der Waals surface area contributed by atoms with E-state index >= 15 is 0 Å². The normalized spacial score (nSPS) is 17.0. The highest BCUT2D eigenvalue weighted by Crippen LogP contribution is 2.28. The maximum absolute atomic E-state index is 12.4. The first-order valence-electron chi connectivity index (χ1n) is 10.1. The summed E-state index contributed by atoms with van der Waals surface area (Å²) in [5.74, 6) is 0.913. The molecule has 0 unspecified atom stereocenters. The summed E-state index contributed by atoms with van der Waals surface area (Å²) in [6.07, 6.45) is 7.50. The summed E-state index contributed by atoms with van der Waals surface area (Å²) in [5, 5.41) is 7.35. The van der Waals surface area contributed by atoms with E-state index in [1.54, 1.807) is 4.68 Å². The highest BCUT2D eigenvalue weighted by Gasteiger charge is 2.25. The molecule has 2 aromatic rings. The van der Waals surface area contributed by atoms with Gasteiger partial charge in [0.25, 0.3) is 0 Å². The van der Waals surface area contributed by atoms with E-state index in [4.69, 9.17) is 0 Å². The fourth-order valence-corrected chi connectivity index (χ4v) is 3.89. The first kappa shape index (κ1) is 19.6. The third-order valence-corrected chi connectivity index (χ3v) is 5.70. The average Bonchev–Trinajstić information content (AvgIpc) is 3.08. The molecule has 1 aromatic carbocycles. The zero-order chi connectivity index (χ0) is 19.2. The lowest BCUT2D eigenvalue weighted by Crippen LogP contribution is -2.42. The van der Waals surface area contributed by atoms with Crippen LogP contribution in [0, 0.1) is 12.8 Å². The van der Waals surface area contributed by atoms with Crippen molar-refractivity contribution >= 4 is 5.91 Å². The minimum atomic E-state index is 0.114. The topological polar surface area (TPSA) is 50.2 Å². The first-order valence-corrected chi connectivity index (χ1v) is 10.1. The van der Waals surface area contributed by atoms with E-state index in [-0.39, 0.29) is 11.9 Å². The largest absolute Gasteiger partial charge is 0.354 e. The van der Waals surface area contributed by atoms with E-state index in [0.717, 1.165) is 31.0 Å². The van der Waals surface area contributed by atoms with Crippen molar-refractivity contribution in [1.82, 2.24) is 20.0 Å². The minimum Gasteiger partial charge on any atom is -0.354 e. The molecule has 1 aliphatic rings. The van der Waals surface area contributed by atoms with E-state index in [9.17, 15) is 4.79 Å². The van der Waals surface area contributed by atoms with Crippen molar-refractivity contribution in [3.8, 4) is 0 Å². The lowest BCUT2D eigenvalue weighted by molar-refractivity contribution is -0.121. The molecule has 1 aliphatic heterocycles. The molecule has 1 amide bonds. The van der Waals surface area contributed by atoms with Gasteiger partial charge in [0.05, 0.1) is 12.2 Å². The second kappa shape index (κ2) is 9.18. The fourth-order valence-electron chi connectivity index (χ4n) is 3.89. The van der Waals surface area contributed by atoms with Gasteiger partial charge in [0, 0.05) is 26.2 Å². The highest BCUT2D eigenvalue weighted by molar-refractivity contribution is 5.76. The number of piperidine rings is 1. The Kier molecular flexibility index (Phi) is 6.67. The predicted octanol–water partition coefficient (Wildman–Crippen LogP) is 3.25. The molecule has 3 rings (SSSR count). The zero-order valence-corrected chi connectivity index (χ0v) is 16.8. The standard InChI is InChI=1S/C22H32N4O/c1-17-10-12-26(13-11-17)21(20-7-5-4-6-18(20)2)15-23-22(27)9-8-19-14-24-25(3)16-19/h4-7,14,16-17,21H,8-13,15H2,1-3H3,(H,23,27)/t21-/m1/s1. The summed E-state index contributed by atoms with van der Waals surface area (Å²) in [5.41, 5.74) is 3.73. The number of hydrogen-bond acceptors (Lipinski definition) is 3. The molecule has 1 N–H and O–H groups in total. The molecular weight excluding hydrogens is 336 g/mol. The van der Waals surface area contributed by atoms with E-state index in [0.29, 0.717) is 13.0 Å². The van der Waals surface area contributed by atoms with E-state index in [2.05, 4.69) is 53.4 Å².